The lowest BCUT2D eigenvalue weighted by molar-refractivity contribution is -0.121. The SMILES string of the molecule is COc1ccc(Cl)cc1NC(=O)[C@H](C)N1CCC(NS(C)(=O)=O)CC1. The first kappa shape index (κ1) is 20.0. The fourth-order valence-corrected chi connectivity index (χ4v) is 3.90. The Labute approximate surface area is 153 Å². The molecule has 1 aliphatic rings. The van der Waals surface area contributed by atoms with Crippen molar-refractivity contribution in [2.75, 3.05) is 31.8 Å². The number of carbonyl (C=O) groups excluding carboxylic acids is 1. The number of anilines is 1. The average Bonchev–Trinajstić information content (AvgIpc) is 2.53. The molecule has 0 bridgehead atoms. The predicted molar refractivity (Wildman–Crippen MR) is 98.7 cm³/mol. The quantitative estimate of drug-likeness (QED) is 0.773. The van der Waals surface area contributed by atoms with Crippen LogP contribution in [0.2, 0.25) is 5.02 Å². The van der Waals surface area contributed by atoms with Crippen LogP contribution in [0.3, 0.4) is 0 Å². The largest absolute Gasteiger partial charge is 0.495 e. The molecule has 0 spiro atoms. The standard InChI is InChI=1S/C16H24ClN3O4S/c1-11(20-8-6-13(7-9-20)19-25(3,22)23)16(21)18-14-10-12(17)4-5-15(14)24-2/h4-5,10-11,13,19H,6-9H2,1-3H3,(H,18,21)/t11-/m0/s1. The van der Waals surface area contributed by atoms with Crippen molar-refractivity contribution in [2.24, 2.45) is 0 Å². The summed E-state index contributed by atoms with van der Waals surface area (Å²) in [4.78, 5) is 14.6. The number of piperidine rings is 1. The molecular weight excluding hydrogens is 366 g/mol. The van der Waals surface area contributed by atoms with Crippen molar-refractivity contribution in [3.05, 3.63) is 23.2 Å². The fraction of sp³-hybridized carbons (Fsp3) is 0.562. The molecule has 1 aromatic rings. The van der Waals surface area contributed by atoms with Gasteiger partial charge in [0.25, 0.3) is 0 Å². The predicted octanol–water partition coefficient (Wildman–Crippen LogP) is 1.69. The summed E-state index contributed by atoms with van der Waals surface area (Å²) in [6, 6.07) is 4.62. The van der Waals surface area contributed by atoms with Gasteiger partial charge in [-0.25, -0.2) is 13.1 Å². The smallest absolute Gasteiger partial charge is 0.241 e. The number of likely N-dealkylation sites (tertiary alicyclic amines) is 1. The summed E-state index contributed by atoms with van der Waals surface area (Å²) in [5.74, 6) is 0.385. The number of halogens is 1. The third-order valence-electron chi connectivity index (χ3n) is 4.26. The summed E-state index contributed by atoms with van der Waals surface area (Å²) in [6.45, 7) is 3.12. The minimum atomic E-state index is -3.20. The van der Waals surface area contributed by atoms with Gasteiger partial charge in [-0.05, 0) is 38.0 Å². The fourth-order valence-electron chi connectivity index (χ4n) is 2.89. The Morgan fingerprint density at radius 1 is 1.36 bits per heavy atom. The molecule has 1 aromatic carbocycles. The molecule has 25 heavy (non-hydrogen) atoms. The van der Waals surface area contributed by atoms with Crippen molar-refractivity contribution < 1.29 is 17.9 Å². The molecule has 1 atom stereocenters. The molecule has 1 amide bonds. The van der Waals surface area contributed by atoms with Gasteiger partial charge in [0, 0.05) is 24.2 Å². The first-order chi connectivity index (χ1) is 11.7. The summed E-state index contributed by atoms with van der Waals surface area (Å²) in [7, 11) is -1.67. The van der Waals surface area contributed by atoms with Gasteiger partial charge < -0.3 is 10.1 Å². The summed E-state index contributed by atoms with van der Waals surface area (Å²) in [6.07, 6.45) is 2.50. The van der Waals surface area contributed by atoms with Gasteiger partial charge in [0.1, 0.15) is 5.75 Å². The van der Waals surface area contributed by atoms with E-state index in [1.54, 1.807) is 18.2 Å². The number of carbonyl (C=O) groups is 1. The van der Waals surface area contributed by atoms with Crippen molar-refractivity contribution >= 4 is 33.2 Å². The average molecular weight is 390 g/mol. The minimum Gasteiger partial charge on any atom is -0.495 e. The number of nitrogens with one attached hydrogen (secondary N) is 2. The second-order valence-corrected chi connectivity index (χ2v) is 8.43. The van der Waals surface area contributed by atoms with Crippen LogP contribution in [0, 0.1) is 0 Å². The van der Waals surface area contributed by atoms with Crippen molar-refractivity contribution in [2.45, 2.75) is 31.8 Å². The number of rotatable bonds is 6. The van der Waals surface area contributed by atoms with Gasteiger partial charge in [-0.1, -0.05) is 11.6 Å². The van der Waals surface area contributed by atoms with Crippen molar-refractivity contribution in [1.29, 1.82) is 0 Å². The van der Waals surface area contributed by atoms with E-state index < -0.39 is 10.0 Å². The molecule has 2 N–H and O–H groups in total. The zero-order chi connectivity index (χ0) is 18.6. The highest BCUT2D eigenvalue weighted by molar-refractivity contribution is 7.88. The molecule has 1 saturated heterocycles. The summed E-state index contributed by atoms with van der Waals surface area (Å²) < 4.78 is 30.5. The lowest BCUT2D eigenvalue weighted by Crippen LogP contribution is -2.50. The van der Waals surface area contributed by atoms with Crippen LogP contribution >= 0.6 is 11.6 Å². The van der Waals surface area contributed by atoms with Crippen LogP contribution in [-0.2, 0) is 14.8 Å². The van der Waals surface area contributed by atoms with Crippen LogP contribution < -0.4 is 14.8 Å². The van der Waals surface area contributed by atoms with Gasteiger partial charge in [0.05, 0.1) is 25.1 Å². The Morgan fingerprint density at radius 3 is 2.56 bits per heavy atom. The first-order valence-corrected chi connectivity index (χ1v) is 10.3. The van der Waals surface area contributed by atoms with Gasteiger partial charge in [-0.15, -0.1) is 0 Å². The highest BCUT2D eigenvalue weighted by atomic mass is 35.5. The molecule has 1 heterocycles. The van der Waals surface area contributed by atoms with Gasteiger partial charge in [0.2, 0.25) is 15.9 Å². The van der Waals surface area contributed by atoms with Gasteiger partial charge in [-0.2, -0.15) is 0 Å². The van der Waals surface area contributed by atoms with Crippen molar-refractivity contribution in [3.63, 3.8) is 0 Å². The van der Waals surface area contributed by atoms with Crippen LogP contribution in [0.5, 0.6) is 5.75 Å². The Hall–Kier alpha value is -1.35. The third kappa shape index (κ3) is 5.85. The van der Waals surface area contributed by atoms with Crippen molar-refractivity contribution in [3.8, 4) is 5.75 Å². The number of hydrogen-bond acceptors (Lipinski definition) is 5. The van der Waals surface area contributed by atoms with E-state index in [-0.39, 0.29) is 18.0 Å². The summed E-state index contributed by atoms with van der Waals surface area (Å²) >= 11 is 5.98. The number of sulfonamides is 1. The van der Waals surface area contributed by atoms with E-state index in [9.17, 15) is 13.2 Å². The first-order valence-electron chi connectivity index (χ1n) is 8.05. The second kappa shape index (κ2) is 8.35. The van der Waals surface area contributed by atoms with Gasteiger partial charge in [-0.3, -0.25) is 9.69 Å². The topological polar surface area (TPSA) is 87.7 Å². The number of ether oxygens (including phenoxy) is 1. The second-order valence-electron chi connectivity index (χ2n) is 6.21. The zero-order valence-electron chi connectivity index (χ0n) is 14.6. The van der Waals surface area contributed by atoms with Gasteiger partial charge >= 0.3 is 0 Å². The molecule has 2 rings (SSSR count). The lowest BCUT2D eigenvalue weighted by Gasteiger charge is -2.35. The molecule has 9 heteroatoms. The Bertz CT molecular complexity index is 718. The third-order valence-corrected chi connectivity index (χ3v) is 5.25. The van der Waals surface area contributed by atoms with Crippen LogP contribution in [0.1, 0.15) is 19.8 Å². The number of hydrogen-bond donors (Lipinski definition) is 2. The van der Waals surface area contributed by atoms with Gasteiger partial charge in [0.15, 0.2) is 0 Å². The molecule has 1 fully saturated rings. The Kier molecular flexibility index (Phi) is 6.67. The maximum atomic E-state index is 12.5. The van der Waals surface area contributed by atoms with E-state index in [1.807, 2.05) is 11.8 Å². The molecule has 0 aliphatic carbocycles. The van der Waals surface area contributed by atoms with Crippen LogP contribution in [0.25, 0.3) is 0 Å². The molecular formula is C16H24ClN3O4S. The maximum absolute atomic E-state index is 12.5. The number of amides is 1. The summed E-state index contributed by atoms with van der Waals surface area (Å²) in [5, 5.41) is 3.36. The number of benzene rings is 1. The van der Waals surface area contributed by atoms with E-state index >= 15 is 0 Å². The van der Waals surface area contributed by atoms with Crippen molar-refractivity contribution in [1.82, 2.24) is 9.62 Å². The lowest BCUT2D eigenvalue weighted by atomic mass is 10.0. The zero-order valence-corrected chi connectivity index (χ0v) is 16.2. The normalized spacial score (nSPS) is 17.9. The van der Waals surface area contributed by atoms with E-state index in [0.717, 1.165) is 6.26 Å². The number of nitrogens with zero attached hydrogens (tertiary/aromatic N) is 1. The molecule has 1 aliphatic heterocycles. The van der Waals surface area contributed by atoms with E-state index in [1.165, 1.54) is 7.11 Å². The van der Waals surface area contributed by atoms with Crippen LogP contribution in [-0.4, -0.2) is 57.8 Å². The summed E-state index contributed by atoms with van der Waals surface area (Å²) in [5.41, 5.74) is 0.528. The van der Waals surface area contributed by atoms with E-state index in [2.05, 4.69) is 10.0 Å². The minimum absolute atomic E-state index is 0.0745. The molecule has 0 aromatic heterocycles. The van der Waals surface area contributed by atoms with Crippen LogP contribution in [0.4, 0.5) is 5.69 Å². The van der Waals surface area contributed by atoms with Crippen LogP contribution in [0.15, 0.2) is 18.2 Å². The highest BCUT2D eigenvalue weighted by Gasteiger charge is 2.28. The monoisotopic (exact) mass is 389 g/mol. The molecule has 7 nitrogen and oxygen atoms in total. The molecule has 140 valence electrons. The molecule has 0 saturated carbocycles. The number of methoxy groups -OCH3 is 1. The van der Waals surface area contributed by atoms with E-state index in [0.29, 0.717) is 42.4 Å². The molecule has 0 radical (unpaired) electrons. The highest BCUT2D eigenvalue weighted by Crippen LogP contribution is 2.28. The Balaban J connectivity index is 1.94. The Morgan fingerprint density at radius 2 is 2.00 bits per heavy atom. The van der Waals surface area contributed by atoms with E-state index in [4.69, 9.17) is 16.3 Å². The molecule has 0 unspecified atom stereocenters. The maximum Gasteiger partial charge on any atom is 0.241 e.